The molecule has 4 rings (SSSR count). The van der Waals surface area contributed by atoms with Crippen LogP contribution >= 0.6 is 11.6 Å². The van der Waals surface area contributed by atoms with Crippen molar-refractivity contribution in [2.24, 2.45) is 4.99 Å². The Morgan fingerprint density at radius 2 is 1.70 bits per heavy atom. The van der Waals surface area contributed by atoms with Crippen LogP contribution in [0.25, 0.3) is 6.08 Å². The second-order valence-electron chi connectivity index (χ2n) is 6.25. The van der Waals surface area contributed by atoms with Crippen LogP contribution in [0.1, 0.15) is 21.5 Å². The molecular formula is C23H13ClFNO4. The summed E-state index contributed by atoms with van der Waals surface area (Å²) < 4.78 is 24.3. The Kier molecular flexibility index (Phi) is 5.41. The van der Waals surface area contributed by atoms with Crippen molar-refractivity contribution in [3.63, 3.8) is 0 Å². The van der Waals surface area contributed by atoms with E-state index in [4.69, 9.17) is 21.1 Å². The van der Waals surface area contributed by atoms with Gasteiger partial charge in [0, 0.05) is 0 Å². The smallest absolute Gasteiger partial charge is 0.363 e. The number of cyclic esters (lactones) is 1. The van der Waals surface area contributed by atoms with Crippen molar-refractivity contribution >= 4 is 35.5 Å². The van der Waals surface area contributed by atoms with Gasteiger partial charge in [-0.3, -0.25) is 0 Å². The molecule has 5 nitrogen and oxygen atoms in total. The van der Waals surface area contributed by atoms with Crippen LogP contribution in [0, 0.1) is 5.82 Å². The Labute approximate surface area is 176 Å². The van der Waals surface area contributed by atoms with Crippen molar-refractivity contribution < 1.29 is 23.5 Å². The zero-order valence-corrected chi connectivity index (χ0v) is 16.1. The number of ether oxygens (including phenoxy) is 2. The summed E-state index contributed by atoms with van der Waals surface area (Å²) in [5.74, 6) is -1.57. The molecule has 0 spiro atoms. The van der Waals surface area contributed by atoms with Crippen molar-refractivity contribution in [2.45, 2.75) is 0 Å². The van der Waals surface area contributed by atoms with E-state index >= 15 is 0 Å². The lowest BCUT2D eigenvalue weighted by Crippen LogP contribution is -2.08. The Morgan fingerprint density at radius 1 is 1.00 bits per heavy atom. The molecule has 0 unspecified atom stereocenters. The average molecular weight is 422 g/mol. The summed E-state index contributed by atoms with van der Waals surface area (Å²) in [6.07, 6.45) is 1.50. The number of hydrogen-bond donors (Lipinski definition) is 0. The first kappa shape index (κ1) is 19.5. The average Bonchev–Trinajstić information content (AvgIpc) is 3.10. The molecule has 0 bridgehead atoms. The van der Waals surface area contributed by atoms with Crippen LogP contribution in [-0.2, 0) is 9.53 Å². The molecule has 1 aliphatic rings. The lowest BCUT2D eigenvalue weighted by atomic mass is 10.2. The van der Waals surface area contributed by atoms with E-state index in [0.717, 1.165) is 0 Å². The van der Waals surface area contributed by atoms with Crippen LogP contribution in [0.5, 0.6) is 5.75 Å². The third-order valence-electron chi connectivity index (χ3n) is 4.21. The Balaban J connectivity index is 1.51. The number of benzene rings is 3. The van der Waals surface area contributed by atoms with Crippen LogP contribution in [0.4, 0.5) is 4.39 Å². The quantitative estimate of drug-likeness (QED) is 0.336. The molecule has 0 atom stereocenters. The molecule has 3 aromatic rings. The van der Waals surface area contributed by atoms with Crippen LogP contribution in [0.15, 0.2) is 83.5 Å². The molecule has 1 aliphatic heterocycles. The fourth-order valence-corrected chi connectivity index (χ4v) is 2.95. The SMILES string of the molecule is O=C1OC(c2ccccc2F)=NC1=Cc1ccc(OC(=O)c2ccccc2Cl)cc1. The van der Waals surface area contributed by atoms with Crippen molar-refractivity contribution in [2.75, 3.05) is 0 Å². The molecule has 148 valence electrons. The molecule has 3 aromatic carbocycles. The highest BCUT2D eigenvalue weighted by Gasteiger charge is 2.25. The molecule has 0 N–H and O–H groups in total. The van der Waals surface area contributed by atoms with E-state index in [9.17, 15) is 14.0 Å². The van der Waals surface area contributed by atoms with Crippen molar-refractivity contribution in [3.05, 3.63) is 106 Å². The van der Waals surface area contributed by atoms with Gasteiger partial charge in [-0.15, -0.1) is 0 Å². The van der Waals surface area contributed by atoms with Gasteiger partial charge in [-0.1, -0.05) is 48.0 Å². The van der Waals surface area contributed by atoms with Gasteiger partial charge in [0.25, 0.3) is 0 Å². The first-order chi connectivity index (χ1) is 14.5. The second kappa shape index (κ2) is 8.31. The lowest BCUT2D eigenvalue weighted by molar-refractivity contribution is -0.129. The van der Waals surface area contributed by atoms with Gasteiger partial charge in [-0.2, -0.15) is 0 Å². The number of halogens is 2. The number of rotatable bonds is 4. The molecule has 0 amide bonds. The van der Waals surface area contributed by atoms with Gasteiger partial charge < -0.3 is 9.47 Å². The molecule has 0 fully saturated rings. The highest BCUT2D eigenvalue weighted by atomic mass is 35.5. The van der Waals surface area contributed by atoms with Gasteiger partial charge in [-0.05, 0) is 48.0 Å². The van der Waals surface area contributed by atoms with Crippen LogP contribution in [0.3, 0.4) is 0 Å². The van der Waals surface area contributed by atoms with Gasteiger partial charge >= 0.3 is 11.9 Å². The van der Waals surface area contributed by atoms with Gasteiger partial charge in [0.1, 0.15) is 11.6 Å². The standard InChI is InChI=1S/C23H13ClFNO4/c24-18-7-3-1-5-16(18)22(27)29-15-11-9-14(10-12-15)13-20-23(28)30-21(26-20)17-6-2-4-8-19(17)25/h1-13H. The molecule has 0 aromatic heterocycles. The molecule has 30 heavy (non-hydrogen) atoms. The van der Waals surface area contributed by atoms with E-state index in [1.807, 2.05) is 0 Å². The zero-order valence-electron chi connectivity index (χ0n) is 15.3. The number of carbonyl (C=O) groups excluding carboxylic acids is 2. The van der Waals surface area contributed by atoms with E-state index in [2.05, 4.69) is 4.99 Å². The molecular weight excluding hydrogens is 409 g/mol. The monoisotopic (exact) mass is 421 g/mol. The largest absolute Gasteiger partial charge is 0.423 e. The molecule has 0 radical (unpaired) electrons. The summed E-state index contributed by atoms with van der Waals surface area (Å²) in [5, 5.41) is 0.298. The third-order valence-corrected chi connectivity index (χ3v) is 4.54. The fourth-order valence-electron chi connectivity index (χ4n) is 2.74. The highest BCUT2D eigenvalue weighted by molar-refractivity contribution is 6.33. The number of hydrogen-bond acceptors (Lipinski definition) is 5. The van der Waals surface area contributed by atoms with Gasteiger partial charge in [0.05, 0.1) is 16.1 Å². The predicted molar refractivity (Wildman–Crippen MR) is 110 cm³/mol. The third kappa shape index (κ3) is 4.14. The van der Waals surface area contributed by atoms with Crippen molar-refractivity contribution in [3.8, 4) is 5.75 Å². The van der Waals surface area contributed by atoms with E-state index in [1.165, 1.54) is 24.3 Å². The summed E-state index contributed by atoms with van der Waals surface area (Å²) in [6, 6.07) is 18.9. The van der Waals surface area contributed by atoms with E-state index in [1.54, 1.807) is 54.6 Å². The topological polar surface area (TPSA) is 65.0 Å². The first-order valence-electron chi connectivity index (χ1n) is 8.85. The maximum Gasteiger partial charge on any atom is 0.363 e. The number of carbonyl (C=O) groups is 2. The number of nitrogens with zero attached hydrogens (tertiary/aromatic N) is 1. The van der Waals surface area contributed by atoms with Gasteiger partial charge in [0.2, 0.25) is 5.90 Å². The summed E-state index contributed by atoms with van der Waals surface area (Å²) in [5.41, 5.74) is 1.03. The summed E-state index contributed by atoms with van der Waals surface area (Å²) in [7, 11) is 0. The molecule has 7 heteroatoms. The molecule has 1 heterocycles. The minimum Gasteiger partial charge on any atom is -0.423 e. The van der Waals surface area contributed by atoms with Gasteiger partial charge in [0.15, 0.2) is 5.70 Å². The lowest BCUT2D eigenvalue weighted by Gasteiger charge is -2.06. The van der Waals surface area contributed by atoms with Gasteiger partial charge in [-0.25, -0.2) is 19.0 Å². The Hall–Kier alpha value is -3.77. The van der Waals surface area contributed by atoms with Crippen LogP contribution < -0.4 is 4.74 Å². The van der Waals surface area contributed by atoms with E-state index in [-0.39, 0.29) is 22.7 Å². The minimum atomic E-state index is -0.678. The number of aliphatic imine (C=N–C) groups is 1. The summed E-state index contributed by atoms with van der Waals surface area (Å²) in [4.78, 5) is 28.4. The first-order valence-corrected chi connectivity index (χ1v) is 9.23. The minimum absolute atomic E-state index is 0.0362. The fraction of sp³-hybridized carbons (Fsp3) is 0. The zero-order chi connectivity index (χ0) is 21.1. The summed E-state index contributed by atoms with van der Waals surface area (Å²) >= 11 is 6.00. The van der Waals surface area contributed by atoms with Crippen molar-refractivity contribution in [1.82, 2.24) is 0 Å². The predicted octanol–water partition coefficient (Wildman–Crippen LogP) is 5.04. The summed E-state index contributed by atoms with van der Waals surface area (Å²) in [6.45, 7) is 0. The molecule has 0 aliphatic carbocycles. The Morgan fingerprint density at radius 3 is 2.43 bits per heavy atom. The molecule has 0 saturated carbocycles. The Bertz CT molecular complexity index is 1200. The molecule has 0 saturated heterocycles. The van der Waals surface area contributed by atoms with Crippen molar-refractivity contribution in [1.29, 1.82) is 0 Å². The highest BCUT2D eigenvalue weighted by Crippen LogP contribution is 2.23. The van der Waals surface area contributed by atoms with E-state index < -0.39 is 17.8 Å². The normalized spacial score (nSPS) is 14.4. The van der Waals surface area contributed by atoms with Crippen LogP contribution in [0.2, 0.25) is 5.02 Å². The second-order valence-corrected chi connectivity index (χ2v) is 6.66. The maximum atomic E-state index is 13.9. The van der Waals surface area contributed by atoms with E-state index in [0.29, 0.717) is 16.3 Å². The number of esters is 2. The maximum absolute atomic E-state index is 13.9. The van der Waals surface area contributed by atoms with Crippen LogP contribution in [-0.4, -0.2) is 17.8 Å².